The average molecular weight is 337 g/mol. The van der Waals surface area contributed by atoms with Crippen LogP contribution in [0.15, 0.2) is 48.7 Å². The van der Waals surface area contributed by atoms with Gasteiger partial charge in [-0.2, -0.15) is 0 Å². The van der Waals surface area contributed by atoms with Crippen molar-refractivity contribution < 1.29 is 9.53 Å². The number of anilines is 1. The van der Waals surface area contributed by atoms with E-state index in [-0.39, 0.29) is 11.3 Å². The third-order valence-corrected chi connectivity index (χ3v) is 5.44. The third-order valence-electron chi connectivity index (χ3n) is 5.44. The number of hydrogen-bond donors (Lipinski definition) is 0. The number of amides is 1. The Kier molecular flexibility index (Phi) is 4.07. The minimum atomic E-state index is -0.240. The number of ether oxygens (including phenoxy) is 1. The van der Waals surface area contributed by atoms with Gasteiger partial charge in [-0.15, -0.1) is 0 Å². The Balaban J connectivity index is 1.46. The fourth-order valence-corrected chi connectivity index (χ4v) is 4.02. The van der Waals surface area contributed by atoms with Crippen LogP contribution in [0.1, 0.15) is 18.4 Å². The molecule has 1 spiro atoms. The molecule has 25 heavy (non-hydrogen) atoms. The van der Waals surface area contributed by atoms with Gasteiger partial charge in [-0.3, -0.25) is 4.79 Å². The first-order chi connectivity index (χ1) is 12.2. The normalized spacial score (nSPS) is 22.8. The summed E-state index contributed by atoms with van der Waals surface area (Å²) in [6, 6.07) is 13.9. The summed E-state index contributed by atoms with van der Waals surface area (Å²) in [5.74, 6) is 2.09. The lowest BCUT2D eigenvalue weighted by atomic mass is 9.85. The molecule has 2 fully saturated rings. The van der Waals surface area contributed by atoms with E-state index in [1.54, 1.807) is 7.11 Å². The van der Waals surface area contributed by atoms with Gasteiger partial charge in [-0.25, -0.2) is 4.98 Å². The van der Waals surface area contributed by atoms with Crippen LogP contribution >= 0.6 is 0 Å². The summed E-state index contributed by atoms with van der Waals surface area (Å²) < 4.78 is 5.29. The van der Waals surface area contributed by atoms with Crippen molar-refractivity contribution in [3.8, 4) is 5.75 Å². The van der Waals surface area contributed by atoms with Crippen molar-refractivity contribution in [3.05, 3.63) is 54.2 Å². The van der Waals surface area contributed by atoms with E-state index in [0.717, 1.165) is 49.6 Å². The number of rotatable bonds is 4. The molecule has 4 rings (SSSR count). The molecule has 1 aromatic carbocycles. The molecule has 0 radical (unpaired) electrons. The van der Waals surface area contributed by atoms with Crippen LogP contribution in [0.5, 0.6) is 5.75 Å². The molecule has 0 aliphatic carbocycles. The molecular weight excluding hydrogens is 314 g/mol. The molecule has 2 aliphatic heterocycles. The number of hydrogen-bond acceptors (Lipinski definition) is 4. The summed E-state index contributed by atoms with van der Waals surface area (Å²) in [6.07, 6.45) is 3.65. The fraction of sp³-hybridized carbons (Fsp3) is 0.400. The monoisotopic (exact) mass is 337 g/mol. The zero-order valence-corrected chi connectivity index (χ0v) is 14.5. The van der Waals surface area contributed by atoms with Crippen LogP contribution in [0.2, 0.25) is 0 Å². The van der Waals surface area contributed by atoms with Crippen LogP contribution in [-0.2, 0) is 11.3 Å². The van der Waals surface area contributed by atoms with Gasteiger partial charge in [0.1, 0.15) is 11.6 Å². The number of carbonyl (C=O) groups excluding carboxylic acids is 1. The van der Waals surface area contributed by atoms with Gasteiger partial charge in [0.05, 0.1) is 12.5 Å². The van der Waals surface area contributed by atoms with Crippen LogP contribution in [0.25, 0.3) is 0 Å². The first-order valence-corrected chi connectivity index (χ1v) is 8.78. The Morgan fingerprint density at radius 2 is 2.04 bits per heavy atom. The Morgan fingerprint density at radius 1 is 1.16 bits per heavy atom. The number of aromatic nitrogens is 1. The zero-order chi connectivity index (χ0) is 17.3. The molecule has 0 bridgehead atoms. The number of pyridine rings is 1. The largest absolute Gasteiger partial charge is 0.497 e. The molecule has 130 valence electrons. The molecule has 0 N–H and O–H groups in total. The number of likely N-dealkylation sites (tertiary alicyclic amines) is 1. The van der Waals surface area contributed by atoms with E-state index in [2.05, 4.69) is 16.0 Å². The van der Waals surface area contributed by atoms with Crippen molar-refractivity contribution in [1.29, 1.82) is 0 Å². The second kappa shape index (κ2) is 6.39. The van der Waals surface area contributed by atoms with Gasteiger partial charge < -0.3 is 14.5 Å². The predicted octanol–water partition coefficient (Wildman–Crippen LogP) is 2.72. The molecule has 5 nitrogen and oxygen atoms in total. The van der Waals surface area contributed by atoms with Gasteiger partial charge in [-0.1, -0.05) is 18.2 Å². The van der Waals surface area contributed by atoms with E-state index >= 15 is 0 Å². The smallest absolute Gasteiger partial charge is 0.231 e. The second-order valence-corrected chi connectivity index (χ2v) is 6.97. The molecule has 2 saturated heterocycles. The molecule has 1 amide bonds. The van der Waals surface area contributed by atoms with Crippen molar-refractivity contribution >= 4 is 11.7 Å². The van der Waals surface area contributed by atoms with Crippen molar-refractivity contribution in [2.24, 2.45) is 5.41 Å². The predicted molar refractivity (Wildman–Crippen MR) is 96.5 cm³/mol. The maximum atomic E-state index is 13.1. The van der Waals surface area contributed by atoms with Gasteiger partial charge in [-0.05, 0) is 42.7 Å². The number of methoxy groups -OCH3 is 1. The summed E-state index contributed by atoms with van der Waals surface area (Å²) in [6.45, 7) is 3.15. The summed E-state index contributed by atoms with van der Waals surface area (Å²) >= 11 is 0. The molecule has 1 unspecified atom stereocenters. The number of benzene rings is 1. The maximum absolute atomic E-state index is 13.1. The van der Waals surface area contributed by atoms with Crippen molar-refractivity contribution in [1.82, 2.24) is 9.88 Å². The van der Waals surface area contributed by atoms with Gasteiger partial charge in [0.15, 0.2) is 0 Å². The molecule has 2 aliphatic rings. The molecule has 1 atom stereocenters. The lowest BCUT2D eigenvalue weighted by Gasteiger charge is -2.24. The Morgan fingerprint density at radius 3 is 2.84 bits per heavy atom. The summed E-state index contributed by atoms with van der Waals surface area (Å²) in [4.78, 5) is 21.8. The summed E-state index contributed by atoms with van der Waals surface area (Å²) in [5.41, 5.74) is 0.875. The summed E-state index contributed by atoms with van der Waals surface area (Å²) in [7, 11) is 1.67. The first-order valence-electron chi connectivity index (χ1n) is 8.78. The fourth-order valence-electron chi connectivity index (χ4n) is 4.02. The van der Waals surface area contributed by atoms with Crippen LogP contribution in [0.3, 0.4) is 0 Å². The second-order valence-electron chi connectivity index (χ2n) is 6.97. The van der Waals surface area contributed by atoms with E-state index < -0.39 is 0 Å². The molecule has 1 aromatic heterocycles. The number of nitrogens with zero attached hydrogens (tertiary/aromatic N) is 3. The highest BCUT2D eigenvalue weighted by Crippen LogP contribution is 2.42. The van der Waals surface area contributed by atoms with Gasteiger partial charge in [0.2, 0.25) is 5.91 Å². The lowest BCUT2D eigenvalue weighted by molar-refractivity contribution is -0.135. The molecule has 3 heterocycles. The SMILES string of the molecule is COc1cccc(CN2CCC3(CCN(c4ccccn4)C3)C2=O)c1. The van der Waals surface area contributed by atoms with E-state index in [1.165, 1.54) is 0 Å². The maximum Gasteiger partial charge on any atom is 0.231 e. The Bertz CT molecular complexity index is 765. The minimum Gasteiger partial charge on any atom is -0.497 e. The Hall–Kier alpha value is -2.56. The average Bonchev–Trinajstić information content (AvgIpc) is 3.23. The first kappa shape index (κ1) is 15.9. The van der Waals surface area contributed by atoms with Gasteiger partial charge in [0.25, 0.3) is 0 Å². The third kappa shape index (κ3) is 2.95. The zero-order valence-electron chi connectivity index (χ0n) is 14.5. The molecule has 5 heteroatoms. The Labute approximate surface area is 148 Å². The minimum absolute atomic E-state index is 0.240. The topological polar surface area (TPSA) is 45.7 Å². The van der Waals surface area contributed by atoms with E-state index in [1.807, 2.05) is 47.5 Å². The van der Waals surface area contributed by atoms with Gasteiger partial charge >= 0.3 is 0 Å². The van der Waals surface area contributed by atoms with Crippen molar-refractivity contribution in [2.75, 3.05) is 31.6 Å². The highest BCUT2D eigenvalue weighted by molar-refractivity contribution is 5.86. The van der Waals surface area contributed by atoms with E-state index in [4.69, 9.17) is 4.74 Å². The molecule has 0 saturated carbocycles. The van der Waals surface area contributed by atoms with Gasteiger partial charge in [0, 0.05) is 32.4 Å². The quantitative estimate of drug-likeness (QED) is 0.861. The van der Waals surface area contributed by atoms with Crippen LogP contribution in [0.4, 0.5) is 5.82 Å². The van der Waals surface area contributed by atoms with E-state index in [0.29, 0.717) is 6.54 Å². The van der Waals surface area contributed by atoms with Crippen molar-refractivity contribution in [3.63, 3.8) is 0 Å². The highest BCUT2D eigenvalue weighted by atomic mass is 16.5. The molecule has 2 aromatic rings. The van der Waals surface area contributed by atoms with Crippen LogP contribution in [0, 0.1) is 5.41 Å². The van der Waals surface area contributed by atoms with Crippen molar-refractivity contribution in [2.45, 2.75) is 19.4 Å². The molecular formula is C20H23N3O2. The summed E-state index contributed by atoms with van der Waals surface area (Å²) in [5, 5.41) is 0. The van der Waals surface area contributed by atoms with Crippen LogP contribution in [-0.4, -0.2) is 42.5 Å². The number of carbonyl (C=O) groups is 1. The lowest BCUT2D eigenvalue weighted by Crippen LogP contribution is -2.36. The van der Waals surface area contributed by atoms with Crippen LogP contribution < -0.4 is 9.64 Å². The highest BCUT2D eigenvalue weighted by Gasteiger charge is 2.50. The van der Waals surface area contributed by atoms with E-state index in [9.17, 15) is 4.79 Å². The standard InChI is InChI=1S/C20H23N3O2/c1-25-17-6-4-5-16(13-17)14-22-11-8-20(19(22)24)9-12-23(15-20)18-7-2-3-10-21-18/h2-7,10,13H,8-9,11-12,14-15H2,1H3.